The zero-order valence-corrected chi connectivity index (χ0v) is 13.7. The zero-order valence-electron chi connectivity index (χ0n) is 13.7. The zero-order chi connectivity index (χ0) is 15.5. The van der Waals surface area contributed by atoms with Crippen LogP contribution in [0.5, 0.6) is 0 Å². The van der Waals surface area contributed by atoms with Crippen molar-refractivity contribution in [3.8, 4) is 0 Å². The number of hydrogen-bond acceptors (Lipinski definition) is 2. The van der Waals surface area contributed by atoms with Crippen molar-refractivity contribution in [3.63, 3.8) is 0 Å². The van der Waals surface area contributed by atoms with Gasteiger partial charge in [-0.25, -0.2) is 0 Å². The van der Waals surface area contributed by atoms with Crippen LogP contribution in [0.1, 0.15) is 64.5 Å². The van der Waals surface area contributed by atoms with E-state index in [0.717, 1.165) is 13.0 Å². The summed E-state index contributed by atoms with van der Waals surface area (Å²) in [4.78, 5) is 11.7. The van der Waals surface area contributed by atoms with Gasteiger partial charge in [-0.15, -0.1) is 0 Å². The van der Waals surface area contributed by atoms with Gasteiger partial charge in [0.25, 0.3) is 0 Å². The summed E-state index contributed by atoms with van der Waals surface area (Å²) in [6.07, 6.45) is 5.39. The Balaban J connectivity index is 2.44. The molecule has 0 radical (unpaired) electrons. The summed E-state index contributed by atoms with van der Waals surface area (Å²) in [5.41, 5.74) is 1.32. The van der Waals surface area contributed by atoms with Crippen molar-refractivity contribution in [1.29, 1.82) is 0 Å². The molecule has 1 amide bonds. The highest BCUT2D eigenvalue weighted by Crippen LogP contribution is 2.19. The van der Waals surface area contributed by atoms with Crippen molar-refractivity contribution < 1.29 is 4.79 Å². The first kappa shape index (κ1) is 17.7. The Kier molecular flexibility index (Phi) is 8.76. The van der Waals surface area contributed by atoms with Crippen LogP contribution in [0.15, 0.2) is 30.3 Å². The van der Waals surface area contributed by atoms with Gasteiger partial charge in [-0.05, 0) is 25.8 Å². The largest absolute Gasteiger partial charge is 0.354 e. The van der Waals surface area contributed by atoms with Gasteiger partial charge in [-0.3, -0.25) is 4.79 Å². The van der Waals surface area contributed by atoms with Gasteiger partial charge in [0.1, 0.15) is 0 Å². The van der Waals surface area contributed by atoms with E-state index in [9.17, 15) is 4.79 Å². The minimum atomic E-state index is 0.123. The average Bonchev–Trinajstić information content (AvgIpc) is 2.46. The molecule has 118 valence electrons. The molecule has 1 atom stereocenters. The molecular weight excluding hydrogens is 260 g/mol. The smallest absolute Gasteiger partial charge is 0.221 e. The second-order valence-electron chi connectivity index (χ2n) is 5.89. The van der Waals surface area contributed by atoms with Crippen molar-refractivity contribution >= 4 is 5.91 Å². The number of unbranched alkanes of at least 4 members (excludes halogenated alkanes) is 2. The van der Waals surface area contributed by atoms with Gasteiger partial charge in [0, 0.05) is 25.0 Å². The number of nitrogens with one attached hydrogen (secondary N) is 2. The van der Waals surface area contributed by atoms with Crippen LogP contribution in [0.25, 0.3) is 0 Å². The molecule has 1 rings (SSSR count). The van der Waals surface area contributed by atoms with Gasteiger partial charge in [0.05, 0.1) is 0 Å². The second kappa shape index (κ2) is 10.4. The predicted octanol–water partition coefficient (Wildman–Crippen LogP) is 3.81. The number of carbonyl (C=O) groups is 1. The molecule has 0 aromatic heterocycles. The average molecular weight is 290 g/mol. The van der Waals surface area contributed by atoms with Gasteiger partial charge in [0.15, 0.2) is 0 Å². The number of carbonyl (C=O) groups excluding carboxylic acids is 1. The van der Waals surface area contributed by atoms with E-state index in [2.05, 4.69) is 41.8 Å². The molecule has 0 aliphatic carbocycles. The molecule has 0 spiro atoms. The molecule has 0 fully saturated rings. The molecule has 0 aliphatic rings. The van der Waals surface area contributed by atoms with E-state index in [-0.39, 0.29) is 11.9 Å². The lowest BCUT2D eigenvalue weighted by Crippen LogP contribution is -2.33. The summed E-state index contributed by atoms with van der Waals surface area (Å²) in [5.74, 6) is 0.123. The van der Waals surface area contributed by atoms with Crippen molar-refractivity contribution in [2.24, 2.45) is 0 Å². The second-order valence-corrected chi connectivity index (χ2v) is 5.89. The molecular formula is C18H30N2O. The molecule has 0 saturated carbocycles. The fraction of sp³-hybridized carbons (Fsp3) is 0.611. The van der Waals surface area contributed by atoms with Gasteiger partial charge in [0.2, 0.25) is 5.91 Å². The Morgan fingerprint density at radius 3 is 2.48 bits per heavy atom. The summed E-state index contributed by atoms with van der Waals surface area (Å²) < 4.78 is 0. The maximum atomic E-state index is 11.7. The van der Waals surface area contributed by atoms with Crippen molar-refractivity contribution in [3.05, 3.63) is 35.9 Å². The van der Waals surface area contributed by atoms with E-state index in [1.54, 1.807) is 0 Å². The monoisotopic (exact) mass is 290 g/mol. The summed E-state index contributed by atoms with van der Waals surface area (Å²) in [6.45, 7) is 6.93. The number of benzene rings is 1. The Bertz CT molecular complexity index is 389. The van der Waals surface area contributed by atoms with E-state index < -0.39 is 0 Å². The van der Waals surface area contributed by atoms with E-state index in [1.165, 1.54) is 24.8 Å². The fourth-order valence-corrected chi connectivity index (χ4v) is 2.42. The van der Waals surface area contributed by atoms with E-state index >= 15 is 0 Å². The quantitative estimate of drug-likeness (QED) is 0.643. The third kappa shape index (κ3) is 7.86. The van der Waals surface area contributed by atoms with Crippen LogP contribution < -0.4 is 10.6 Å². The normalized spacial score (nSPS) is 12.4. The first-order valence-corrected chi connectivity index (χ1v) is 8.21. The van der Waals surface area contributed by atoms with Crippen LogP contribution in [-0.2, 0) is 4.79 Å². The maximum absolute atomic E-state index is 11.7. The van der Waals surface area contributed by atoms with Crippen LogP contribution in [0.3, 0.4) is 0 Å². The standard InChI is InChI=1S/C18H30N2O/c1-4-5-7-12-17(16-10-8-6-9-11-16)19-14-13-18(21)20-15(2)3/h6,8-11,15,17,19H,4-5,7,12-14H2,1-3H3,(H,20,21). The summed E-state index contributed by atoms with van der Waals surface area (Å²) in [7, 11) is 0. The Labute approximate surface area is 129 Å². The molecule has 1 aromatic rings. The molecule has 3 nitrogen and oxygen atoms in total. The van der Waals surface area contributed by atoms with E-state index in [4.69, 9.17) is 0 Å². The van der Waals surface area contributed by atoms with E-state index in [1.807, 2.05) is 19.9 Å². The Morgan fingerprint density at radius 1 is 1.14 bits per heavy atom. The Hall–Kier alpha value is -1.35. The topological polar surface area (TPSA) is 41.1 Å². The molecule has 1 aromatic carbocycles. The highest BCUT2D eigenvalue weighted by molar-refractivity contribution is 5.76. The highest BCUT2D eigenvalue weighted by Gasteiger charge is 2.11. The molecule has 0 heterocycles. The van der Waals surface area contributed by atoms with Gasteiger partial charge < -0.3 is 10.6 Å². The number of amides is 1. The van der Waals surface area contributed by atoms with Crippen LogP contribution in [0, 0.1) is 0 Å². The van der Waals surface area contributed by atoms with Crippen LogP contribution in [0.2, 0.25) is 0 Å². The molecule has 0 saturated heterocycles. The summed E-state index contributed by atoms with van der Waals surface area (Å²) in [6, 6.07) is 11.1. The maximum Gasteiger partial charge on any atom is 0.221 e. The van der Waals surface area contributed by atoms with Gasteiger partial charge >= 0.3 is 0 Å². The van der Waals surface area contributed by atoms with Crippen molar-refractivity contribution in [2.75, 3.05) is 6.54 Å². The third-order valence-electron chi connectivity index (χ3n) is 3.49. The first-order valence-electron chi connectivity index (χ1n) is 8.21. The molecule has 1 unspecified atom stereocenters. The van der Waals surface area contributed by atoms with E-state index in [0.29, 0.717) is 12.5 Å². The van der Waals surface area contributed by atoms with Crippen LogP contribution in [0.4, 0.5) is 0 Å². The highest BCUT2D eigenvalue weighted by atomic mass is 16.1. The minimum Gasteiger partial charge on any atom is -0.354 e. The van der Waals surface area contributed by atoms with Gasteiger partial charge in [-0.2, -0.15) is 0 Å². The fourth-order valence-electron chi connectivity index (χ4n) is 2.42. The number of hydrogen-bond donors (Lipinski definition) is 2. The Morgan fingerprint density at radius 2 is 1.86 bits per heavy atom. The molecule has 0 aliphatic heterocycles. The van der Waals surface area contributed by atoms with Gasteiger partial charge in [-0.1, -0.05) is 56.5 Å². The summed E-state index contributed by atoms with van der Waals surface area (Å²) in [5, 5.41) is 6.47. The van der Waals surface area contributed by atoms with Crippen LogP contribution >= 0.6 is 0 Å². The lowest BCUT2D eigenvalue weighted by atomic mass is 10.0. The predicted molar refractivity (Wildman–Crippen MR) is 89.2 cm³/mol. The van der Waals surface area contributed by atoms with Crippen LogP contribution in [-0.4, -0.2) is 18.5 Å². The molecule has 21 heavy (non-hydrogen) atoms. The number of rotatable bonds is 10. The van der Waals surface area contributed by atoms with Crippen molar-refractivity contribution in [2.45, 2.75) is 65.0 Å². The molecule has 0 bridgehead atoms. The summed E-state index contributed by atoms with van der Waals surface area (Å²) >= 11 is 0. The minimum absolute atomic E-state index is 0.123. The molecule has 2 N–H and O–H groups in total. The lowest BCUT2D eigenvalue weighted by Gasteiger charge is -2.19. The lowest BCUT2D eigenvalue weighted by molar-refractivity contribution is -0.121. The SMILES string of the molecule is CCCCCC(NCCC(=O)NC(C)C)c1ccccc1. The third-order valence-corrected chi connectivity index (χ3v) is 3.49. The molecule has 3 heteroatoms. The first-order chi connectivity index (χ1) is 10.1. The van der Waals surface area contributed by atoms with Crippen molar-refractivity contribution in [1.82, 2.24) is 10.6 Å².